The number of rotatable bonds is 3. The molecule has 0 radical (unpaired) electrons. The molecular formula is C9H16N2. The van der Waals surface area contributed by atoms with Gasteiger partial charge in [0.05, 0.1) is 6.04 Å². The lowest BCUT2D eigenvalue weighted by Crippen LogP contribution is -2.28. The summed E-state index contributed by atoms with van der Waals surface area (Å²) in [5.41, 5.74) is 0. The second-order valence-corrected chi connectivity index (χ2v) is 3.35. The van der Waals surface area contributed by atoms with Gasteiger partial charge in [0.25, 0.3) is 0 Å². The van der Waals surface area contributed by atoms with E-state index in [-0.39, 0.29) is 0 Å². The number of hydrogen-bond donors (Lipinski definition) is 0. The molecule has 0 aromatic rings. The molecule has 0 spiro atoms. The van der Waals surface area contributed by atoms with E-state index in [1.54, 1.807) is 0 Å². The maximum atomic E-state index is 4.27. The van der Waals surface area contributed by atoms with Crippen LogP contribution in [0.3, 0.4) is 0 Å². The Morgan fingerprint density at radius 3 is 3.09 bits per heavy atom. The molecule has 0 aromatic heterocycles. The molecule has 1 aliphatic rings. The lowest BCUT2D eigenvalue weighted by atomic mass is 10.2. The molecule has 0 aromatic carbocycles. The van der Waals surface area contributed by atoms with Crippen LogP contribution in [-0.2, 0) is 0 Å². The largest absolute Gasteiger partial charge is 0.290 e. The van der Waals surface area contributed by atoms with Gasteiger partial charge in [-0.05, 0) is 5.92 Å². The molecule has 0 bridgehead atoms. The second-order valence-electron chi connectivity index (χ2n) is 3.35. The lowest BCUT2D eigenvalue weighted by molar-refractivity contribution is 0.237. The first-order valence-electron chi connectivity index (χ1n) is 4.15. The van der Waals surface area contributed by atoms with Crippen LogP contribution in [0, 0.1) is 5.92 Å². The van der Waals surface area contributed by atoms with Crippen molar-refractivity contribution in [1.82, 2.24) is 5.01 Å². The van der Waals surface area contributed by atoms with Gasteiger partial charge in [-0.1, -0.05) is 19.9 Å². The molecule has 1 heterocycles. The van der Waals surface area contributed by atoms with Gasteiger partial charge in [0.15, 0.2) is 0 Å². The Hall–Kier alpha value is -0.790. The summed E-state index contributed by atoms with van der Waals surface area (Å²) >= 11 is 0. The molecule has 1 rings (SSSR count). The molecule has 2 heteroatoms. The van der Waals surface area contributed by atoms with E-state index in [0.717, 1.165) is 13.0 Å². The predicted molar refractivity (Wildman–Crippen MR) is 48.6 cm³/mol. The Morgan fingerprint density at radius 1 is 1.82 bits per heavy atom. The van der Waals surface area contributed by atoms with Crippen LogP contribution in [0.1, 0.15) is 20.3 Å². The van der Waals surface area contributed by atoms with Gasteiger partial charge in [-0.3, -0.25) is 5.01 Å². The monoisotopic (exact) mass is 152 g/mol. The van der Waals surface area contributed by atoms with E-state index < -0.39 is 0 Å². The normalized spacial score (nSPS) is 23.2. The summed E-state index contributed by atoms with van der Waals surface area (Å²) in [5.74, 6) is 0.674. The molecular weight excluding hydrogens is 136 g/mol. The first-order chi connectivity index (χ1) is 5.24. The van der Waals surface area contributed by atoms with Gasteiger partial charge in [-0.15, -0.1) is 6.58 Å². The van der Waals surface area contributed by atoms with Crippen LogP contribution in [0.2, 0.25) is 0 Å². The fourth-order valence-corrected chi connectivity index (χ4v) is 1.24. The minimum Gasteiger partial charge on any atom is -0.290 e. The summed E-state index contributed by atoms with van der Waals surface area (Å²) in [4.78, 5) is 0. The summed E-state index contributed by atoms with van der Waals surface area (Å²) in [5, 5.41) is 6.37. The maximum Gasteiger partial charge on any atom is 0.0698 e. The van der Waals surface area contributed by atoms with Gasteiger partial charge < -0.3 is 0 Å². The van der Waals surface area contributed by atoms with Crippen LogP contribution in [0.4, 0.5) is 0 Å². The average Bonchev–Trinajstić information content (AvgIpc) is 2.34. The molecule has 0 amide bonds. The van der Waals surface area contributed by atoms with Gasteiger partial charge >= 0.3 is 0 Å². The first kappa shape index (κ1) is 8.31. The zero-order valence-corrected chi connectivity index (χ0v) is 7.33. The highest BCUT2D eigenvalue weighted by Crippen LogP contribution is 2.13. The smallest absolute Gasteiger partial charge is 0.0698 e. The molecule has 62 valence electrons. The summed E-state index contributed by atoms with van der Waals surface area (Å²) in [6.07, 6.45) is 4.96. The fraction of sp³-hybridized carbons (Fsp3) is 0.667. The molecule has 0 saturated heterocycles. The quantitative estimate of drug-likeness (QED) is 0.564. The highest BCUT2D eigenvalue weighted by atomic mass is 15.5. The van der Waals surface area contributed by atoms with Crippen LogP contribution in [-0.4, -0.2) is 23.8 Å². The van der Waals surface area contributed by atoms with Crippen molar-refractivity contribution in [3.8, 4) is 0 Å². The van der Waals surface area contributed by atoms with Crippen molar-refractivity contribution in [3.63, 3.8) is 0 Å². The maximum absolute atomic E-state index is 4.27. The Morgan fingerprint density at radius 2 is 2.55 bits per heavy atom. The van der Waals surface area contributed by atoms with Crippen LogP contribution < -0.4 is 0 Å². The third-order valence-corrected chi connectivity index (χ3v) is 1.78. The molecule has 11 heavy (non-hydrogen) atoms. The van der Waals surface area contributed by atoms with E-state index in [4.69, 9.17) is 0 Å². The average molecular weight is 152 g/mol. The van der Waals surface area contributed by atoms with Crippen LogP contribution in [0.25, 0.3) is 0 Å². The number of hydrazone groups is 1. The molecule has 1 unspecified atom stereocenters. The molecule has 2 nitrogen and oxygen atoms in total. The number of hydrogen-bond acceptors (Lipinski definition) is 2. The van der Waals surface area contributed by atoms with E-state index in [2.05, 4.69) is 30.5 Å². The van der Waals surface area contributed by atoms with Crippen LogP contribution >= 0.6 is 0 Å². The highest BCUT2D eigenvalue weighted by Gasteiger charge is 2.17. The van der Waals surface area contributed by atoms with Crippen molar-refractivity contribution in [3.05, 3.63) is 12.7 Å². The zero-order chi connectivity index (χ0) is 8.27. The van der Waals surface area contributed by atoms with Gasteiger partial charge in [-0.25, -0.2) is 0 Å². The van der Waals surface area contributed by atoms with Crippen molar-refractivity contribution < 1.29 is 0 Å². The van der Waals surface area contributed by atoms with Crippen LogP contribution in [0.5, 0.6) is 0 Å². The molecule has 0 saturated carbocycles. The topological polar surface area (TPSA) is 15.6 Å². The zero-order valence-electron chi connectivity index (χ0n) is 7.33. The van der Waals surface area contributed by atoms with Gasteiger partial charge in [0, 0.05) is 19.2 Å². The van der Waals surface area contributed by atoms with Crippen molar-refractivity contribution in [1.29, 1.82) is 0 Å². The fourth-order valence-electron chi connectivity index (χ4n) is 1.24. The van der Waals surface area contributed by atoms with Gasteiger partial charge in [0.1, 0.15) is 0 Å². The Labute approximate surface area is 68.6 Å². The summed E-state index contributed by atoms with van der Waals surface area (Å²) in [6.45, 7) is 9.22. The SMILES string of the molecule is C=CC1CC=NN1CC(C)C. The predicted octanol–water partition coefficient (Wildman–Crippen LogP) is 1.89. The summed E-state index contributed by atoms with van der Waals surface area (Å²) in [6, 6.07) is 0.442. The second kappa shape index (κ2) is 3.56. The third-order valence-electron chi connectivity index (χ3n) is 1.78. The molecule has 1 aliphatic heterocycles. The summed E-state index contributed by atoms with van der Waals surface area (Å²) < 4.78 is 0. The Balaban J connectivity index is 2.43. The van der Waals surface area contributed by atoms with Gasteiger partial charge in [0.2, 0.25) is 0 Å². The minimum atomic E-state index is 0.442. The van der Waals surface area contributed by atoms with Gasteiger partial charge in [-0.2, -0.15) is 5.10 Å². The molecule has 1 atom stereocenters. The Bertz CT molecular complexity index is 161. The van der Waals surface area contributed by atoms with E-state index in [9.17, 15) is 0 Å². The third kappa shape index (κ3) is 2.07. The van der Waals surface area contributed by atoms with E-state index in [0.29, 0.717) is 12.0 Å². The standard InChI is InChI=1S/C9H16N2/c1-4-9-5-6-10-11(9)7-8(2)3/h4,6,8-9H,1,5,7H2,2-3H3. The summed E-state index contributed by atoms with van der Waals surface area (Å²) in [7, 11) is 0. The first-order valence-corrected chi connectivity index (χ1v) is 4.15. The van der Waals surface area contributed by atoms with Crippen LogP contribution in [0.15, 0.2) is 17.8 Å². The molecule has 0 aliphatic carbocycles. The Kier molecular flexibility index (Phi) is 2.69. The van der Waals surface area contributed by atoms with Crippen molar-refractivity contribution in [2.75, 3.05) is 6.54 Å². The minimum absolute atomic E-state index is 0.442. The number of nitrogens with zero attached hydrogens (tertiary/aromatic N) is 2. The van der Waals surface area contributed by atoms with E-state index >= 15 is 0 Å². The molecule has 0 fully saturated rings. The lowest BCUT2D eigenvalue weighted by Gasteiger charge is -2.22. The van der Waals surface area contributed by atoms with E-state index in [1.807, 2.05) is 12.3 Å². The van der Waals surface area contributed by atoms with Crippen molar-refractivity contribution in [2.45, 2.75) is 26.3 Å². The van der Waals surface area contributed by atoms with E-state index in [1.165, 1.54) is 0 Å². The van der Waals surface area contributed by atoms with Crippen molar-refractivity contribution >= 4 is 6.21 Å². The molecule has 0 N–H and O–H groups in total. The van der Waals surface area contributed by atoms with Crippen molar-refractivity contribution in [2.24, 2.45) is 11.0 Å². The highest BCUT2D eigenvalue weighted by molar-refractivity contribution is 5.60.